The highest BCUT2D eigenvalue weighted by Gasteiger charge is 2.19. The second kappa shape index (κ2) is 10.8. The largest absolute Gasteiger partial charge is 0.444 e. The Balaban J connectivity index is 1.80. The van der Waals surface area contributed by atoms with E-state index in [-0.39, 0.29) is 24.8 Å². The van der Waals surface area contributed by atoms with E-state index < -0.39 is 11.7 Å². The molecule has 29 heavy (non-hydrogen) atoms. The quantitative estimate of drug-likeness (QED) is 0.645. The fourth-order valence-electron chi connectivity index (χ4n) is 2.92. The summed E-state index contributed by atoms with van der Waals surface area (Å²) in [6, 6.07) is 7.05. The van der Waals surface area contributed by atoms with Gasteiger partial charge in [0.05, 0.1) is 11.4 Å². The molecule has 0 atom stereocenters. The molecule has 0 saturated carbocycles. The summed E-state index contributed by atoms with van der Waals surface area (Å²) in [5, 5.41) is 8.20. The minimum absolute atomic E-state index is 0.0785. The zero-order valence-corrected chi connectivity index (χ0v) is 17.4. The summed E-state index contributed by atoms with van der Waals surface area (Å²) in [5.41, 5.74) is 0.488. The summed E-state index contributed by atoms with van der Waals surface area (Å²) in [7, 11) is 0. The predicted octanol–water partition coefficient (Wildman–Crippen LogP) is 3.30. The van der Waals surface area contributed by atoms with Crippen LogP contribution in [0.4, 0.5) is 16.2 Å². The Morgan fingerprint density at radius 1 is 1.03 bits per heavy atom. The van der Waals surface area contributed by atoms with Crippen LogP contribution in [0.25, 0.3) is 0 Å². The van der Waals surface area contributed by atoms with E-state index in [4.69, 9.17) is 9.47 Å². The molecule has 1 saturated heterocycles. The minimum atomic E-state index is -0.589. The second-order valence-electron chi connectivity index (χ2n) is 8.08. The molecule has 0 bridgehead atoms. The number of anilines is 2. The van der Waals surface area contributed by atoms with E-state index in [1.54, 1.807) is 45.0 Å². The van der Waals surface area contributed by atoms with Gasteiger partial charge in [0, 0.05) is 32.6 Å². The first-order valence-corrected chi connectivity index (χ1v) is 9.96. The lowest BCUT2D eigenvalue weighted by Gasteiger charge is -2.21. The van der Waals surface area contributed by atoms with Gasteiger partial charge in [-0.3, -0.25) is 9.59 Å². The van der Waals surface area contributed by atoms with Crippen molar-refractivity contribution in [1.82, 2.24) is 5.32 Å². The molecule has 0 spiro atoms. The van der Waals surface area contributed by atoms with Gasteiger partial charge in [-0.1, -0.05) is 12.1 Å². The van der Waals surface area contributed by atoms with Crippen molar-refractivity contribution in [3.63, 3.8) is 0 Å². The minimum Gasteiger partial charge on any atom is -0.444 e. The number of hydrogen-bond acceptors (Lipinski definition) is 5. The third-order valence-electron chi connectivity index (χ3n) is 4.31. The number of ether oxygens (including phenoxy) is 2. The van der Waals surface area contributed by atoms with Crippen LogP contribution in [0.2, 0.25) is 0 Å². The maximum atomic E-state index is 12.4. The van der Waals surface area contributed by atoms with Crippen LogP contribution in [0, 0.1) is 5.92 Å². The van der Waals surface area contributed by atoms with E-state index in [1.165, 1.54) is 0 Å². The molecule has 3 N–H and O–H groups in total. The van der Waals surface area contributed by atoms with Crippen molar-refractivity contribution in [3.05, 3.63) is 24.3 Å². The van der Waals surface area contributed by atoms with Crippen molar-refractivity contribution in [3.8, 4) is 0 Å². The van der Waals surface area contributed by atoms with Crippen LogP contribution >= 0.6 is 0 Å². The number of alkyl carbamates (subject to hydrolysis) is 1. The van der Waals surface area contributed by atoms with Crippen LogP contribution in [0.3, 0.4) is 0 Å². The fraction of sp³-hybridized carbons (Fsp3) is 0.571. The molecule has 0 unspecified atom stereocenters. The number of hydrogen-bond donors (Lipinski definition) is 3. The standard InChI is InChI=1S/C21H31N3O5/c1-21(2,3)29-20(27)22-11-8-18(25)23-16-6-4-5-7-17(16)24-19(26)14-15-9-12-28-13-10-15/h4-7,15H,8-14H2,1-3H3,(H,22,27)(H,23,25)(H,24,26). The van der Waals surface area contributed by atoms with Crippen LogP contribution in [-0.2, 0) is 19.1 Å². The van der Waals surface area contributed by atoms with E-state index in [2.05, 4.69) is 16.0 Å². The Hall–Kier alpha value is -2.61. The van der Waals surface area contributed by atoms with Crippen molar-refractivity contribution in [2.45, 2.75) is 52.1 Å². The Labute approximate surface area is 171 Å². The highest BCUT2D eigenvalue weighted by molar-refractivity contribution is 5.99. The molecule has 160 valence electrons. The zero-order chi connectivity index (χ0) is 21.3. The van der Waals surface area contributed by atoms with Crippen LogP contribution in [0.5, 0.6) is 0 Å². The van der Waals surface area contributed by atoms with E-state index >= 15 is 0 Å². The number of nitrogens with one attached hydrogen (secondary N) is 3. The number of para-hydroxylation sites is 2. The van der Waals surface area contributed by atoms with Crippen LogP contribution in [-0.4, -0.2) is 43.3 Å². The predicted molar refractivity (Wildman–Crippen MR) is 111 cm³/mol. The zero-order valence-electron chi connectivity index (χ0n) is 17.4. The third kappa shape index (κ3) is 8.95. The lowest BCUT2D eigenvalue weighted by atomic mass is 9.96. The Kier molecular flexibility index (Phi) is 8.45. The number of carbonyl (C=O) groups is 3. The molecule has 1 heterocycles. The Bertz CT molecular complexity index is 709. The van der Waals surface area contributed by atoms with Crippen LogP contribution in [0.1, 0.15) is 46.5 Å². The highest BCUT2D eigenvalue weighted by atomic mass is 16.6. The number of benzene rings is 1. The van der Waals surface area contributed by atoms with E-state index in [1.807, 2.05) is 0 Å². The first-order valence-electron chi connectivity index (χ1n) is 9.96. The Morgan fingerprint density at radius 3 is 2.21 bits per heavy atom. The first-order chi connectivity index (χ1) is 13.7. The third-order valence-corrected chi connectivity index (χ3v) is 4.31. The molecule has 8 heteroatoms. The van der Waals surface area contributed by atoms with Gasteiger partial charge in [0.15, 0.2) is 0 Å². The van der Waals surface area contributed by atoms with Gasteiger partial charge >= 0.3 is 6.09 Å². The van der Waals surface area contributed by atoms with Gasteiger partial charge in [-0.15, -0.1) is 0 Å². The molecule has 0 aliphatic carbocycles. The maximum absolute atomic E-state index is 12.4. The van der Waals surface area contributed by atoms with Gasteiger partial charge in [-0.25, -0.2) is 4.79 Å². The lowest BCUT2D eigenvalue weighted by molar-refractivity contribution is -0.118. The summed E-state index contributed by atoms with van der Waals surface area (Å²) in [6.45, 7) is 6.86. The van der Waals surface area contributed by atoms with E-state index in [0.717, 1.165) is 12.8 Å². The van der Waals surface area contributed by atoms with Crippen molar-refractivity contribution >= 4 is 29.3 Å². The van der Waals surface area contributed by atoms with Gasteiger partial charge in [-0.05, 0) is 51.7 Å². The van der Waals surface area contributed by atoms with Crippen molar-refractivity contribution in [2.24, 2.45) is 5.92 Å². The highest BCUT2D eigenvalue weighted by Crippen LogP contribution is 2.23. The average Bonchev–Trinajstić information content (AvgIpc) is 2.62. The summed E-state index contributed by atoms with van der Waals surface area (Å²) in [5.74, 6) is -0.0261. The summed E-state index contributed by atoms with van der Waals surface area (Å²) >= 11 is 0. The van der Waals surface area contributed by atoms with Crippen molar-refractivity contribution < 1.29 is 23.9 Å². The SMILES string of the molecule is CC(C)(C)OC(=O)NCCC(=O)Nc1ccccc1NC(=O)CC1CCOCC1. The maximum Gasteiger partial charge on any atom is 0.407 e. The molecule has 8 nitrogen and oxygen atoms in total. The summed E-state index contributed by atoms with van der Waals surface area (Å²) < 4.78 is 10.4. The molecule has 0 aromatic heterocycles. The summed E-state index contributed by atoms with van der Waals surface area (Å²) in [4.78, 5) is 36.2. The monoisotopic (exact) mass is 405 g/mol. The number of rotatable bonds is 7. The van der Waals surface area contributed by atoms with Gasteiger partial charge in [0.2, 0.25) is 11.8 Å². The molecule has 3 amide bonds. The van der Waals surface area contributed by atoms with Gasteiger partial charge < -0.3 is 25.4 Å². The van der Waals surface area contributed by atoms with Crippen molar-refractivity contribution in [2.75, 3.05) is 30.4 Å². The molecule has 2 rings (SSSR count). The molecule has 1 aliphatic heterocycles. The molecule has 0 radical (unpaired) electrons. The normalized spacial score (nSPS) is 14.7. The average molecular weight is 405 g/mol. The molecule has 1 aliphatic rings. The number of carbonyl (C=O) groups excluding carboxylic acids is 3. The topological polar surface area (TPSA) is 106 Å². The van der Waals surface area contributed by atoms with Crippen LogP contribution < -0.4 is 16.0 Å². The molecule has 1 aromatic rings. The van der Waals surface area contributed by atoms with Gasteiger partial charge in [0.25, 0.3) is 0 Å². The lowest BCUT2D eigenvalue weighted by Crippen LogP contribution is -2.34. The van der Waals surface area contributed by atoms with Gasteiger partial charge in [-0.2, -0.15) is 0 Å². The molecular formula is C21H31N3O5. The smallest absolute Gasteiger partial charge is 0.407 e. The van der Waals surface area contributed by atoms with E-state index in [0.29, 0.717) is 36.9 Å². The fourth-order valence-corrected chi connectivity index (χ4v) is 2.92. The van der Waals surface area contributed by atoms with Crippen LogP contribution in [0.15, 0.2) is 24.3 Å². The molecular weight excluding hydrogens is 374 g/mol. The van der Waals surface area contributed by atoms with Crippen molar-refractivity contribution in [1.29, 1.82) is 0 Å². The van der Waals surface area contributed by atoms with Gasteiger partial charge in [0.1, 0.15) is 5.60 Å². The first kappa shape index (κ1) is 22.7. The Morgan fingerprint density at radius 2 is 1.62 bits per heavy atom. The summed E-state index contributed by atoms with van der Waals surface area (Å²) in [6.07, 6.45) is 1.73. The number of amides is 3. The molecule has 1 aromatic carbocycles. The second-order valence-corrected chi connectivity index (χ2v) is 8.08. The van der Waals surface area contributed by atoms with E-state index in [9.17, 15) is 14.4 Å². The molecule has 1 fully saturated rings.